The molecule has 0 aliphatic carbocycles. The molecule has 0 fully saturated rings. The van der Waals surface area contributed by atoms with Crippen LogP contribution in [0.5, 0.6) is 5.75 Å². The lowest BCUT2D eigenvalue weighted by atomic mass is 10.2. The van der Waals surface area contributed by atoms with Crippen molar-refractivity contribution in [2.24, 2.45) is 5.73 Å². The van der Waals surface area contributed by atoms with Crippen LogP contribution < -0.4 is 10.5 Å². The number of ether oxygens (including phenoxy) is 2. The highest BCUT2D eigenvalue weighted by Gasteiger charge is 1.94. The highest BCUT2D eigenvalue weighted by Crippen LogP contribution is 2.12. The first-order chi connectivity index (χ1) is 7.86. The average Bonchev–Trinajstić information content (AvgIpc) is 2.34. The van der Waals surface area contributed by atoms with Gasteiger partial charge in [0.15, 0.2) is 0 Å². The van der Waals surface area contributed by atoms with Gasteiger partial charge in [-0.3, -0.25) is 0 Å². The highest BCUT2D eigenvalue weighted by molar-refractivity contribution is 5.27. The third-order valence-corrected chi connectivity index (χ3v) is 2.30. The molecule has 0 unspecified atom stereocenters. The molecule has 1 aromatic rings. The van der Waals surface area contributed by atoms with E-state index in [4.69, 9.17) is 15.2 Å². The smallest absolute Gasteiger partial charge is 0.119 e. The van der Waals surface area contributed by atoms with Crippen molar-refractivity contribution in [1.82, 2.24) is 0 Å². The van der Waals surface area contributed by atoms with Crippen molar-refractivity contribution in [3.8, 4) is 5.75 Å². The van der Waals surface area contributed by atoms with Gasteiger partial charge in [-0.25, -0.2) is 0 Å². The second-order valence-corrected chi connectivity index (χ2v) is 3.60. The molecule has 0 aliphatic rings. The summed E-state index contributed by atoms with van der Waals surface area (Å²) in [6.07, 6.45) is 1.96. The minimum absolute atomic E-state index is 0.583. The molecular weight excluding hydrogens is 202 g/mol. The second kappa shape index (κ2) is 8.13. The zero-order chi connectivity index (χ0) is 11.6. The Bertz CT molecular complexity index is 272. The highest BCUT2D eigenvalue weighted by atomic mass is 16.5. The Kier molecular flexibility index (Phi) is 6.61. The van der Waals surface area contributed by atoms with E-state index in [1.54, 1.807) is 0 Å². The number of rotatable bonds is 8. The number of nitrogens with two attached hydrogens (primary N) is 1. The molecule has 0 aliphatic heterocycles. The lowest BCUT2D eigenvalue weighted by molar-refractivity contribution is 0.126. The van der Waals surface area contributed by atoms with Gasteiger partial charge in [0.1, 0.15) is 5.75 Å². The van der Waals surface area contributed by atoms with E-state index in [9.17, 15) is 0 Å². The van der Waals surface area contributed by atoms with Crippen molar-refractivity contribution >= 4 is 0 Å². The van der Waals surface area contributed by atoms with Crippen LogP contribution in [0.4, 0.5) is 0 Å². The molecule has 0 radical (unpaired) electrons. The lowest BCUT2D eigenvalue weighted by Crippen LogP contribution is -2.10. The van der Waals surface area contributed by atoms with Gasteiger partial charge < -0.3 is 15.2 Å². The Morgan fingerprint density at radius 1 is 1.06 bits per heavy atom. The van der Waals surface area contributed by atoms with Crippen LogP contribution in [-0.4, -0.2) is 26.4 Å². The normalized spacial score (nSPS) is 10.4. The second-order valence-electron chi connectivity index (χ2n) is 3.60. The summed E-state index contributed by atoms with van der Waals surface area (Å²) in [5.41, 5.74) is 6.64. The Morgan fingerprint density at radius 3 is 2.44 bits per heavy atom. The van der Waals surface area contributed by atoms with Crippen molar-refractivity contribution in [3.05, 3.63) is 29.8 Å². The van der Waals surface area contributed by atoms with E-state index >= 15 is 0 Å². The summed E-state index contributed by atoms with van der Waals surface area (Å²) in [6.45, 7) is 4.76. The fourth-order valence-corrected chi connectivity index (χ4v) is 1.36. The van der Waals surface area contributed by atoms with Crippen molar-refractivity contribution in [1.29, 1.82) is 0 Å². The Balaban J connectivity index is 2.12. The van der Waals surface area contributed by atoms with Crippen LogP contribution >= 0.6 is 0 Å². The maximum Gasteiger partial charge on any atom is 0.119 e. The monoisotopic (exact) mass is 223 g/mol. The molecule has 0 aromatic heterocycles. The fourth-order valence-electron chi connectivity index (χ4n) is 1.36. The number of aryl methyl sites for hydroxylation is 1. The van der Waals surface area contributed by atoms with Crippen LogP contribution in [0.2, 0.25) is 0 Å². The van der Waals surface area contributed by atoms with Gasteiger partial charge in [-0.05, 0) is 24.1 Å². The summed E-state index contributed by atoms with van der Waals surface area (Å²) < 4.78 is 10.8. The molecule has 90 valence electrons. The molecule has 0 heterocycles. The zero-order valence-electron chi connectivity index (χ0n) is 9.95. The molecule has 1 rings (SSSR count). The van der Waals surface area contributed by atoms with Crippen molar-refractivity contribution in [2.45, 2.75) is 19.8 Å². The van der Waals surface area contributed by atoms with Crippen molar-refractivity contribution in [2.75, 3.05) is 26.4 Å². The van der Waals surface area contributed by atoms with Gasteiger partial charge in [0.25, 0.3) is 0 Å². The maximum absolute atomic E-state index is 5.57. The molecule has 0 saturated carbocycles. The first-order valence-corrected chi connectivity index (χ1v) is 5.86. The minimum atomic E-state index is 0.583. The van der Waals surface area contributed by atoms with Crippen molar-refractivity contribution in [3.63, 3.8) is 0 Å². The van der Waals surface area contributed by atoms with Crippen LogP contribution in [0.1, 0.15) is 18.9 Å². The molecule has 1 aromatic carbocycles. The Labute approximate surface area is 97.6 Å². The summed E-state index contributed by atoms with van der Waals surface area (Å²) in [7, 11) is 0. The van der Waals surface area contributed by atoms with E-state index in [0.29, 0.717) is 26.4 Å². The maximum atomic E-state index is 5.57. The average molecular weight is 223 g/mol. The number of benzene rings is 1. The van der Waals surface area contributed by atoms with Crippen LogP contribution in [0.25, 0.3) is 0 Å². The van der Waals surface area contributed by atoms with Gasteiger partial charge in [-0.15, -0.1) is 0 Å². The van der Waals surface area contributed by atoms with E-state index in [0.717, 1.165) is 18.6 Å². The first kappa shape index (κ1) is 13.0. The fraction of sp³-hybridized carbons (Fsp3) is 0.538. The summed E-state index contributed by atoms with van der Waals surface area (Å²) in [5.74, 6) is 0.927. The molecule has 0 amide bonds. The summed E-state index contributed by atoms with van der Waals surface area (Å²) in [5, 5.41) is 0. The molecule has 0 saturated heterocycles. The van der Waals surface area contributed by atoms with Gasteiger partial charge in [0.05, 0.1) is 13.2 Å². The summed E-state index contributed by atoms with van der Waals surface area (Å²) in [4.78, 5) is 0. The van der Waals surface area contributed by atoms with Gasteiger partial charge in [0.2, 0.25) is 0 Å². The largest absolute Gasteiger partial charge is 0.494 e. The summed E-state index contributed by atoms with van der Waals surface area (Å²) >= 11 is 0. The molecule has 3 nitrogen and oxygen atoms in total. The lowest BCUT2D eigenvalue weighted by Gasteiger charge is -2.07. The Hall–Kier alpha value is -1.06. The predicted molar refractivity (Wildman–Crippen MR) is 65.8 cm³/mol. The third-order valence-electron chi connectivity index (χ3n) is 2.30. The zero-order valence-corrected chi connectivity index (χ0v) is 9.95. The van der Waals surface area contributed by atoms with Gasteiger partial charge in [-0.1, -0.05) is 19.1 Å². The Morgan fingerprint density at radius 2 is 1.81 bits per heavy atom. The van der Waals surface area contributed by atoms with Gasteiger partial charge in [-0.2, -0.15) is 0 Å². The van der Waals surface area contributed by atoms with Gasteiger partial charge >= 0.3 is 0 Å². The van der Waals surface area contributed by atoms with E-state index in [-0.39, 0.29) is 0 Å². The summed E-state index contributed by atoms with van der Waals surface area (Å²) in [6, 6.07) is 8.22. The number of hydrogen-bond acceptors (Lipinski definition) is 3. The van der Waals surface area contributed by atoms with E-state index < -0.39 is 0 Å². The first-order valence-electron chi connectivity index (χ1n) is 5.86. The molecular formula is C13H21NO2. The molecule has 16 heavy (non-hydrogen) atoms. The van der Waals surface area contributed by atoms with Crippen LogP contribution in [0.3, 0.4) is 0 Å². The third kappa shape index (κ3) is 5.14. The molecule has 0 atom stereocenters. The van der Waals surface area contributed by atoms with E-state index in [1.807, 2.05) is 12.1 Å². The van der Waals surface area contributed by atoms with Crippen LogP contribution in [0, 0.1) is 0 Å². The van der Waals surface area contributed by atoms with Crippen LogP contribution in [-0.2, 0) is 11.2 Å². The molecule has 0 spiro atoms. The molecule has 0 bridgehead atoms. The quantitative estimate of drug-likeness (QED) is 0.685. The predicted octanol–water partition coefficient (Wildman–Crippen LogP) is 1.99. The van der Waals surface area contributed by atoms with Crippen molar-refractivity contribution < 1.29 is 9.47 Å². The molecule has 2 N–H and O–H groups in total. The SMILES string of the molecule is CCc1ccc(OCCCOCCN)cc1. The van der Waals surface area contributed by atoms with E-state index in [1.165, 1.54) is 5.56 Å². The van der Waals surface area contributed by atoms with E-state index in [2.05, 4.69) is 19.1 Å². The van der Waals surface area contributed by atoms with Crippen LogP contribution in [0.15, 0.2) is 24.3 Å². The minimum Gasteiger partial charge on any atom is -0.494 e. The van der Waals surface area contributed by atoms with Gasteiger partial charge in [0, 0.05) is 19.6 Å². The number of hydrogen-bond donors (Lipinski definition) is 1. The standard InChI is InChI=1S/C13H21NO2/c1-2-12-4-6-13(7-5-12)16-10-3-9-15-11-8-14/h4-7H,2-3,8-11,14H2,1H3. The topological polar surface area (TPSA) is 44.5 Å². The molecule has 3 heteroatoms.